The fourth-order valence-electron chi connectivity index (χ4n) is 1.72. The normalized spacial score (nSPS) is 11.0. The van der Waals surface area contributed by atoms with Crippen molar-refractivity contribution >= 4 is 5.69 Å². The van der Waals surface area contributed by atoms with Gasteiger partial charge in [0.05, 0.1) is 0 Å². The monoisotopic (exact) mass is 222 g/mol. The maximum Gasteiger partial charge on any atom is 0.0474 e. The van der Waals surface area contributed by atoms with Crippen LogP contribution in [0.25, 0.3) is 0 Å². The minimum absolute atomic E-state index is 0.820. The van der Waals surface area contributed by atoms with E-state index in [0.29, 0.717) is 0 Å². The number of nitrogen functional groups attached to an aromatic ring is 1. The van der Waals surface area contributed by atoms with Crippen molar-refractivity contribution in [2.45, 2.75) is 19.9 Å². The molecule has 0 saturated carbocycles. The topological polar surface area (TPSA) is 38.5 Å². The lowest BCUT2D eigenvalue weighted by molar-refractivity contribution is 0.178. The number of nitrogens with two attached hydrogens (primary N) is 1. The molecule has 0 saturated heterocycles. The number of hydrogen-bond donors (Lipinski definition) is 1. The third-order valence-electron chi connectivity index (χ3n) is 2.82. The number of hydrogen-bond acceptors (Lipinski definition) is 3. The Morgan fingerprint density at radius 1 is 1.38 bits per heavy atom. The van der Waals surface area contributed by atoms with E-state index in [2.05, 4.69) is 24.9 Å². The molecule has 0 amide bonds. The first-order valence-corrected chi connectivity index (χ1v) is 5.66. The largest absolute Gasteiger partial charge is 0.399 e. The van der Waals surface area contributed by atoms with E-state index in [9.17, 15) is 0 Å². The average Bonchev–Trinajstić information content (AvgIpc) is 2.25. The van der Waals surface area contributed by atoms with Gasteiger partial charge in [-0.05, 0) is 37.6 Å². The molecule has 90 valence electrons. The first-order valence-electron chi connectivity index (χ1n) is 5.66. The Balaban J connectivity index is 2.49. The van der Waals surface area contributed by atoms with Gasteiger partial charge in [-0.3, -0.25) is 0 Å². The summed E-state index contributed by atoms with van der Waals surface area (Å²) < 4.78 is 5.04. The van der Waals surface area contributed by atoms with Crippen LogP contribution in [0.1, 0.15) is 17.5 Å². The molecule has 1 aromatic rings. The van der Waals surface area contributed by atoms with Crippen molar-refractivity contribution in [1.29, 1.82) is 0 Å². The zero-order valence-corrected chi connectivity index (χ0v) is 10.5. The molecule has 0 unspecified atom stereocenters. The predicted molar refractivity (Wildman–Crippen MR) is 68.4 cm³/mol. The highest BCUT2D eigenvalue weighted by Crippen LogP contribution is 2.16. The summed E-state index contributed by atoms with van der Waals surface area (Å²) in [4.78, 5) is 2.29. The van der Waals surface area contributed by atoms with Gasteiger partial charge in [-0.1, -0.05) is 12.1 Å². The van der Waals surface area contributed by atoms with Gasteiger partial charge in [-0.2, -0.15) is 0 Å². The van der Waals surface area contributed by atoms with E-state index in [4.69, 9.17) is 10.5 Å². The number of anilines is 1. The summed E-state index contributed by atoms with van der Waals surface area (Å²) in [5, 5.41) is 0. The van der Waals surface area contributed by atoms with E-state index >= 15 is 0 Å². The Morgan fingerprint density at radius 3 is 2.81 bits per heavy atom. The Bertz CT molecular complexity index is 326. The molecule has 0 spiro atoms. The summed E-state index contributed by atoms with van der Waals surface area (Å²) in [7, 11) is 3.86. The van der Waals surface area contributed by atoms with Gasteiger partial charge in [0.2, 0.25) is 0 Å². The predicted octanol–water partition coefficient (Wildman–Crippen LogP) is 2.05. The minimum Gasteiger partial charge on any atom is -0.399 e. The molecule has 0 atom stereocenters. The summed E-state index contributed by atoms with van der Waals surface area (Å²) in [5.74, 6) is 0. The highest BCUT2D eigenvalue weighted by Gasteiger charge is 2.04. The van der Waals surface area contributed by atoms with Crippen molar-refractivity contribution in [2.24, 2.45) is 0 Å². The summed E-state index contributed by atoms with van der Waals surface area (Å²) in [6.07, 6.45) is 1.06. The molecule has 0 heterocycles. The quantitative estimate of drug-likeness (QED) is 0.591. The molecule has 0 aliphatic heterocycles. The van der Waals surface area contributed by atoms with E-state index in [-0.39, 0.29) is 0 Å². The van der Waals surface area contributed by atoms with Crippen molar-refractivity contribution in [3.63, 3.8) is 0 Å². The average molecular weight is 222 g/mol. The molecule has 1 rings (SSSR count). The molecule has 0 radical (unpaired) electrons. The maximum absolute atomic E-state index is 5.88. The van der Waals surface area contributed by atoms with Crippen molar-refractivity contribution in [2.75, 3.05) is 33.0 Å². The molecule has 0 aliphatic rings. The minimum atomic E-state index is 0.820. The molecule has 0 fully saturated rings. The zero-order valence-electron chi connectivity index (χ0n) is 10.5. The smallest absolute Gasteiger partial charge is 0.0474 e. The highest BCUT2D eigenvalue weighted by molar-refractivity contribution is 5.49. The summed E-state index contributed by atoms with van der Waals surface area (Å²) in [6, 6.07) is 6.10. The van der Waals surface area contributed by atoms with Crippen molar-refractivity contribution < 1.29 is 4.74 Å². The van der Waals surface area contributed by atoms with Gasteiger partial charge >= 0.3 is 0 Å². The summed E-state index contributed by atoms with van der Waals surface area (Å²) >= 11 is 0. The van der Waals surface area contributed by atoms with Crippen molar-refractivity contribution in [1.82, 2.24) is 4.90 Å². The third kappa shape index (κ3) is 3.83. The fourth-order valence-corrected chi connectivity index (χ4v) is 1.72. The van der Waals surface area contributed by atoms with Crippen LogP contribution in [0.4, 0.5) is 5.69 Å². The van der Waals surface area contributed by atoms with Crippen molar-refractivity contribution in [3.8, 4) is 0 Å². The van der Waals surface area contributed by atoms with E-state index in [0.717, 1.165) is 31.8 Å². The molecule has 16 heavy (non-hydrogen) atoms. The van der Waals surface area contributed by atoms with Crippen LogP contribution >= 0.6 is 0 Å². The Morgan fingerprint density at radius 2 is 2.12 bits per heavy atom. The lowest BCUT2D eigenvalue weighted by Gasteiger charge is -2.18. The van der Waals surface area contributed by atoms with Crippen LogP contribution in [0.2, 0.25) is 0 Å². The molecule has 3 nitrogen and oxygen atoms in total. The lowest BCUT2D eigenvalue weighted by Crippen LogP contribution is -2.20. The third-order valence-corrected chi connectivity index (χ3v) is 2.82. The van der Waals surface area contributed by atoms with Gasteiger partial charge in [0.1, 0.15) is 0 Å². The maximum atomic E-state index is 5.88. The molecule has 2 N–H and O–H groups in total. The highest BCUT2D eigenvalue weighted by atomic mass is 16.5. The van der Waals surface area contributed by atoms with Crippen LogP contribution in [-0.4, -0.2) is 32.2 Å². The van der Waals surface area contributed by atoms with E-state index in [1.807, 2.05) is 12.1 Å². The van der Waals surface area contributed by atoms with Gasteiger partial charge in [-0.15, -0.1) is 0 Å². The SMILES string of the molecule is COCCCN(C)Cc1cccc(N)c1C. The molecular formula is C13H22N2O. The molecule has 0 aromatic heterocycles. The fraction of sp³-hybridized carbons (Fsp3) is 0.538. The van der Waals surface area contributed by atoms with Gasteiger partial charge in [0.25, 0.3) is 0 Å². The molecule has 0 aliphatic carbocycles. The summed E-state index contributed by atoms with van der Waals surface area (Å²) in [6.45, 7) is 4.89. The summed E-state index contributed by atoms with van der Waals surface area (Å²) in [5.41, 5.74) is 9.26. The molecular weight excluding hydrogens is 200 g/mol. The molecule has 0 bridgehead atoms. The van der Waals surface area contributed by atoms with Crippen LogP contribution in [0.5, 0.6) is 0 Å². The van der Waals surface area contributed by atoms with Crippen LogP contribution in [0.3, 0.4) is 0 Å². The van der Waals surface area contributed by atoms with Gasteiger partial charge in [0.15, 0.2) is 0 Å². The van der Waals surface area contributed by atoms with Crippen LogP contribution < -0.4 is 5.73 Å². The van der Waals surface area contributed by atoms with E-state index in [1.165, 1.54) is 11.1 Å². The number of ether oxygens (including phenoxy) is 1. The van der Waals surface area contributed by atoms with Gasteiger partial charge < -0.3 is 15.4 Å². The number of nitrogens with zero attached hydrogens (tertiary/aromatic N) is 1. The first kappa shape index (κ1) is 13.0. The van der Waals surface area contributed by atoms with Gasteiger partial charge in [0, 0.05) is 32.5 Å². The first-order chi connectivity index (χ1) is 7.65. The second-order valence-electron chi connectivity index (χ2n) is 4.22. The van der Waals surface area contributed by atoms with Crippen LogP contribution in [0.15, 0.2) is 18.2 Å². The lowest BCUT2D eigenvalue weighted by atomic mass is 10.1. The standard InChI is InChI=1S/C13H22N2O/c1-11-12(6-4-7-13(11)14)10-15(2)8-5-9-16-3/h4,6-7H,5,8-10,14H2,1-3H3. The molecule has 1 aromatic carbocycles. The Kier molecular flexibility index (Phi) is 5.29. The van der Waals surface area contributed by atoms with Crippen LogP contribution in [-0.2, 0) is 11.3 Å². The number of rotatable bonds is 6. The zero-order chi connectivity index (χ0) is 12.0. The second kappa shape index (κ2) is 6.51. The Labute approximate surface area is 98.2 Å². The van der Waals surface area contributed by atoms with E-state index in [1.54, 1.807) is 7.11 Å². The number of methoxy groups -OCH3 is 1. The molecule has 3 heteroatoms. The Hall–Kier alpha value is -1.06. The van der Waals surface area contributed by atoms with Crippen LogP contribution in [0, 0.1) is 6.92 Å². The second-order valence-corrected chi connectivity index (χ2v) is 4.22. The van der Waals surface area contributed by atoms with Gasteiger partial charge in [-0.25, -0.2) is 0 Å². The number of benzene rings is 1. The van der Waals surface area contributed by atoms with Crippen molar-refractivity contribution in [3.05, 3.63) is 29.3 Å². The van der Waals surface area contributed by atoms with E-state index < -0.39 is 0 Å².